The van der Waals surface area contributed by atoms with E-state index in [-0.39, 0.29) is 30.0 Å². The zero-order valence-electron chi connectivity index (χ0n) is 27.8. The van der Waals surface area contributed by atoms with Gasteiger partial charge >= 0.3 is 0 Å². The van der Waals surface area contributed by atoms with Crippen LogP contribution in [-0.2, 0) is 24.6 Å². The number of hydrogen-bond acceptors (Lipinski definition) is 7. The number of nitrogens with one attached hydrogen (secondary N) is 1. The molecule has 9 nitrogen and oxygen atoms in total. The summed E-state index contributed by atoms with van der Waals surface area (Å²) < 4.78 is 5.42. The minimum atomic E-state index is -1.44. The maximum atomic E-state index is 15.2. The highest BCUT2D eigenvalue weighted by molar-refractivity contribution is 6.13. The fourth-order valence-corrected chi connectivity index (χ4v) is 9.71. The van der Waals surface area contributed by atoms with E-state index in [0.29, 0.717) is 29.0 Å². The predicted molar refractivity (Wildman–Crippen MR) is 182 cm³/mol. The maximum absolute atomic E-state index is 15.2. The minimum absolute atomic E-state index is 0.0649. The van der Waals surface area contributed by atoms with Gasteiger partial charge in [-0.15, -0.1) is 0 Å². The Morgan fingerprint density at radius 3 is 2.29 bits per heavy atom. The van der Waals surface area contributed by atoms with Crippen molar-refractivity contribution in [2.75, 3.05) is 12.5 Å². The molecule has 252 valence electrons. The van der Waals surface area contributed by atoms with Gasteiger partial charge in [0.05, 0.1) is 36.0 Å². The number of aryl methyl sites for hydroxylation is 1. The molecule has 3 aromatic rings. The number of aromatic hydroxyl groups is 1. The van der Waals surface area contributed by atoms with Crippen LogP contribution >= 0.6 is 0 Å². The summed E-state index contributed by atoms with van der Waals surface area (Å²) in [5.74, 6) is -3.97. The third-order valence-electron chi connectivity index (χ3n) is 11.9. The number of nitrogens with zero attached hydrogens (tertiary/aromatic N) is 2. The first kappa shape index (κ1) is 31.4. The van der Waals surface area contributed by atoms with Crippen molar-refractivity contribution in [2.24, 2.45) is 23.7 Å². The van der Waals surface area contributed by atoms with E-state index < -0.39 is 46.8 Å². The van der Waals surface area contributed by atoms with Crippen molar-refractivity contribution in [3.05, 3.63) is 101 Å². The number of benzene rings is 3. The Morgan fingerprint density at radius 1 is 0.857 bits per heavy atom. The van der Waals surface area contributed by atoms with Crippen LogP contribution in [0.2, 0.25) is 0 Å². The van der Waals surface area contributed by atoms with Gasteiger partial charge in [0.15, 0.2) is 0 Å². The Labute approximate surface area is 285 Å². The maximum Gasteiger partial charge on any atom is 0.260 e. The molecule has 0 spiro atoms. The van der Waals surface area contributed by atoms with Gasteiger partial charge in [0, 0.05) is 23.6 Å². The number of phenolic OH excluding ortho intramolecular Hbond substituents is 1. The molecule has 2 heterocycles. The summed E-state index contributed by atoms with van der Waals surface area (Å²) in [5.41, 5.74) is 5.27. The molecule has 4 fully saturated rings. The average molecular weight is 660 g/mol. The monoisotopic (exact) mass is 659 g/mol. The lowest BCUT2D eigenvalue weighted by molar-refractivity contribution is -0.144. The second-order valence-corrected chi connectivity index (χ2v) is 14.4. The quantitative estimate of drug-likeness (QED) is 0.245. The molecule has 2 saturated heterocycles. The van der Waals surface area contributed by atoms with Crippen LogP contribution in [-0.4, -0.2) is 51.8 Å². The molecule has 0 aromatic heterocycles. The molecule has 3 aliphatic carbocycles. The Kier molecular flexibility index (Phi) is 7.61. The standard InChI is InChI=1S/C40H41N3O6/c1-23-13-15-25(16-14-23)41-43-37(46)32-22-31-28(19-20-30-34(31)38(47)42(36(30)45)26-11-7-4-8-12-26)35(29-18-17-27(49-2)21-33(29)44)40(32,39(43)48)24-9-5-3-6-10-24/h3,5-6,9-10,13-19,21,26,30-32,34-35,41,44H,4,7-8,11-12,20,22H2,1-2H3. The molecule has 2 saturated carbocycles. The molecular weight excluding hydrogens is 618 g/mol. The number of fused-ring (bicyclic) bond motifs is 4. The van der Waals surface area contributed by atoms with Gasteiger partial charge in [-0.25, -0.2) is 0 Å². The van der Waals surface area contributed by atoms with Crippen molar-refractivity contribution < 1.29 is 29.0 Å². The highest BCUT2D eigenvalue weighted by Gasteiger charge is 2.70. The van der Waals surface area contributed by atoms with E-state index in [0.717, 1.165) is 48.2 Å². The van der Waals surface area contributed by atoms with Crippen molar-refractivity contribution in [2.45, 2.75) is 69.2 Å². The van der Waals surface area contributed by atoms with Crippen molar-refractivity contribution in [3.63, 3.8) is 0 Å². The second kappa shape index (κ2) is 11.9. The van der Waals surface area contributed by atoms with Crippen LogP contribution in [0, 0.1) is 30.6 Å². The number of phenols is 1. The zero-order chi connectivity index (χ0) is 34.0. The Bertz CT molecular complexity index is 1870. The molecule has 8 rings (SSSR count). The average Bonchev–Trinajstić information content (AvgIpc) is 3.50. The van der Waals surface area contributed by atoms with Crippen molar-refractivity contribution in [1.29, 1.82) is 0 Å². The molecule has 6 atom stereocenters. The first-order valence-electron chi connectivity index (χ1n) is 17.5. The first-order chi connectivity index (χ1) is 23.7. The van der Waals surface area contributed by atoms with Crippen LogP contribution in [0.3, 0.4) is 0 Å². The first-order valence-corrected chi connectivity index (χ1v) is 17.5. The number of anilines is 1. The van der Waals surface area contributed by atoms with Crippen molar-refractivity contribution in [3.8, 4) is 11.5 Å². The smallest absolute Gasteiger partial charge is 0.260 e. The van der Waals surface area contributed by atoms with Gasteiger partial charge in [-0.1, -0.05) is 85.0 Å². The highest BCUT2D eigenvalue weighted by atomic mass is 16.5. The molecule has 9 heteroatoms. The number of hydrogen-bond donors (Lipinski definition) is 2. The van der Waals surface area contributed by atoms with Gasteiger partial charge < -0.3 is 9.84 Å². The highest BCUT2D eigenvalue weighted by Crippen LogP contribution is 2.65. The SMILES string of the molecule is COc1ccc(C2C3=CCC4C(=O)N(C5CCCCC5)C(=O)C4C3CC3C(=O)N(Nc4ccc(C)cc4)C(=O)C32c2ccccc2)c(O)c1. The summed E-state index contributed by atoms with van der Waals surface area (Å²) in [6, 6.07) is 21.8. The summed E-state index contributed by atoms with van der Waals surface area (Å²) >= 11 is 0. The number of rotatable bonds is 6. The van der Waals surface area contributed by atoms with Crippen LogP contribution in [0.5, 0.6) is 11.5 Å². The van der Waals surface area contributed by atoms with E-state index in [4.69, 9.17) is 4.74 Å². The van der Waals surface area contributed by atoms with Gasteiger partial charge in [0.25, 0.3) is 11.8 Å². The topological polar surface area (TPSA) is 116 Å². The fourth-order valence-electron chi connectivity index (χ4n) is 9.71. The molecule has 2 N–H and O–H groups in total. The number of carbonyl (C=O) groups is 4. The van der Waals surface area contributed by atoms with Gasteiger partial charge in [0.1, 0.15) is 11.5 Å². The van der Waals surface area contributed by atoms with Crippen molar-refractivity contribution >= 4 is 29.3 Å². The molecule has 6 unspecified atom stereocenters. The number of allylic oxidation sites excluding steroid dienone is 2. The molecule has 5 aliphatic rings. The third-order valence-corrected chi connectivity index (χ3v) is 11.9. The minimum Gasteiger partial charge on any atom is -0.508 e. The summed E-state index contributed by atoms with van der Waals surface area (Å²) in [6.45, 7) is 1.97. The number of imide groups is 2. The Morgan fingerprint density at radius 2 is 1.59 bits per heavy atom. The summed E-state index contributed by atoms with van der Waals surface area (Å²) in [7, 11) is 1.52. The van der Waals surface area contributed by atoms with E-state index in [1.165, 1.54) is 13.2 Å². The molecular formula is C40H41N3O6. The van der Waals surface area contributed by atoms with E-state index in [1.54, 1.807) is 17.0 Å². The summed E-state index contributed by atoms with van der Waals surface area (Å²) in [5, 5.41) is 12.8. The van der Waals surface area contributed by atoms with Gasteiger partial charge in [-0.05, 0) is 62.3 Å². The van der Waals surface area contributed by atoms with E-state index in [2.05, 4.69) is 5.43 Å². The van der Waals surface area contributed by atoms with Gasteiger partial charge in [-0.3, -0.25) is 29.5 Å². The molecule has 0 bridgehead atoms. The second-order valence-electron chi connectivity index (χ2n) is 14.4. The van der Waals surface area contributed by atoms with E-state index in [9.17, 15) is 19.5 Å². The van der Waals surface area contributed by atoms with Crippen LogP contribution in [0.15, 0.2) is 84.4 Å². The Hall–Kier alpha value is -4.92. The number of methoxy groups -OCH3 is 1. The predicted octanol–water partition coefficient (Wildman–Crippen LogP) is 6.03. The molecule has 3 aromatic carbocycles. The van der Waals surface area contributed by atoms with Crippen LogP contribution in [0.25, 0.3) is 0 Å². The largest absolute Gasteiger partial charge is 0.508 e. The third kappa shape index (κ3) is 4.65. The van der Waals surface area contributed by atoms with Crippen molar-refractivity contribution in [1.82, 2.24) is 9.91 Å². The Balaban J connectivity index is 1.31. The number of carbonyl (C=O) groups excluding carboxylic acids is 4. The van der Waals surface area contributed by atoms with Gasteiger partial charge in [0.2, 0.25) is 11.8 Å². The van der Waals surface area contributed by atoms with E-state index >= 15 is 4.79 Å². The summed E-state index contributed by atoms with van der Waals surface area (Å²) in [6.07, 6.45) is 7.34. The number of likely N-dealkylation sites (tertiary alicyclic amines) is 1. The summed E-state index contributed by atoms with van der Waals surface area (Å²) in [4.78, 5) is 60.0. The van der Waals surface area contributed by atoms with E-state index in [1.807, 2.05) is 67.6 Å². The number of hydrazine groups is 1. The molecule has 49 heavy (non-hydrogen) atoms. The van der Waals surface area contributed by atoms with Crippen LogP contribution in [0.4, 0.5) is 5.69 Å². The number of ether oxygens (including phenoxy) is 1. The van der Waals surface area contributed by atoms with Crippen LogP contribution < -0.4 is 10.2 Å². The normalized spacial score (nSPS) is 29.8. The number of amides is 4. The van der Waals surface area contributed by atoms with Crippen LogP contribution in [0.1, 0.15) is 67.6 Å². The lowest BCUT2D eigenvalue weighted by Crippen LogP contribution is -2.53. The lowest BCUT2D eigenvalue weighted by Gasteiger charge is -2.50. The fraction of sp³-hybridized carbons (Fsp3) is 0.400. The van der Waals surface area contributed by atoms with Gasteiger partial charge in [-0.2, -0.15) is 5.01 Å². The lowest BCUT2D eigenvalue weighted by atomic mass is 9.49. The molecule has 0 radical (unpaired) electrons. The molecule has 2 aliphatic heterocycles. The molecule has 4 amide bonds. The zero-order valence-corrected chi connectivity index (χ0v) is 27.8.